The van der Waals surface area contributed by atoms with Gasteiger partial charge in [0.25, 0.3) is 0 Å². The third kappa shape index (κ3) is 4.27. The topological polar surface area (TPSA) is 20.2 Å². The molecule has 0 heterocycles. The average molecular weight is 356 g/mol. The van der Waals surface area contributed by atoms with Gasteiger partial charge in [-0.05, 0) is 41.0 Å². The van der Waals surface area contributed by atoms with E-state index in [1.807, 2.05) is 30.3 Å². The van der Waals surface area contributed by atoms with Crippen molar-refractivity contribution >= 4 is 11.8 Å². The Bertz CT molecular complexity index is 756. The van der Waals surface area contributed by atoms with E-state index in [1.54, 1.807) is 36.0 Å². The van der Waals surface area contributed by atoms with E-state index in [4.69, 9.17) is 0 Å². The van der Waals surface area contributed by atoms with Gasteiger partial charge in [-0.3, -0.25) is 0 Å². The molecule has 0 bridgehead atoms. The molecule has 0 aliphatic heterocycles. The highest BCUT2D eigenvalue weighted by Crippen LogP contribution is 2.34. The largest absolute Gasteiger partial charge is 0.380 e. The first-order valence-electron chi connectivity index (χ1n) is 7.94. The predicted octanol–water partition coefficient (Wildman–Crippen LogP) is 5.13. The van der Waals surface area contributed by atoms with Gasteiger partial charge in [-0.1, -0.05) is 54.6 Å². The molecule has 0 amide bonds. The highest BCUT2D eigenvalue weighted by molar-refractivity contribution is 7.98. The summed E-state index contributed by atoms with van der Waals surface area (Å²) in [7, 11) is 0. The van der Waals surface area contributed by atoms with E-state index < -0.39 is 5.60 Å². The summed E-state index contributed by atoms with van der Waals surface area (Å²) < 4.78 is 26.5. The molecule has 4 heteroatoms. The van der Waals surface area contributed by atoms with Crippen molar-refractivity contribution < 1.29 is 13.9 Å². The van der Waals surface area contributed by atoms with Gasteiger partial charge in [0.05, 0.1) is 0 Å². The average Bonchev–Trinajstić information content (AvgIpc) is 2.63. The maximum atomic E-state index is 13.3. The number of hydrogen-bond acceptors (Lipinski definition) is 2. The fourth-order valence-electron chi connectivity index (χ4n) is 2.68. The number of aliphatic hydroxyl groups is 1. The molecule has 0 saturated carbocycles. The van der Waals surface area contributed by atoms with E-state index in [9.17, 15) is 13.9 Å². The zero-order valence-electron chi connectivity index (χ0n) is 13.5. The Morgan fingerprint density at radius 3 is 1.68 bits per heavy atom. The van der Waals surface area contributed by atoms with Crippen molar-refractivity contribution in [1.29, 1.82) is 0 Å². The lowest BCUT2D eigenvalue weighted by molar-refractivity contribution is 0.107. The van der Waals surface area contributed by atoms with Crippen LogP contribution in [-0.2, 0) is 11.4 Å². The summed E-state index contributed by atoms with van der Waals surface area (Å²) in [6.07, 6.45) is 0. The van der Waals surface area contributed by atoms with Gasteiger partial charge in [-0.2, -0.15) is 11.8 Å². The van der Waals surface area contributed by atoms with Crippen LogP contribution in [0.1, 0.15) is 16.7 Å². The molecule has 0 aliphatic carbocycles. The smallest absolute Gasteiger partial charge is 0.124 e. The first-order chi connectivity index (χ1) is 12.1. The molecular formula is C21H18F2OS. The van der Waals surface area contributed by atoms with Gasteiger partial charge >= 0.3 is 0 Å². The van der Waals surface area contributed by atoms with Crippen molar-refractivity contribution in [2.75, 3.05) is 5.75 Å². The Morgan fingerprint density at radius 2 is 1.20 bits per heavy atom. The number of hydrogen-bond donors (Lipinski definition) is 1. The monoisotopic (exact) mass is 356 g/mol. The number of thioether (sulfide) groups is 1. The maximum absolute atomic E-state index is 13.3. The van der Waals surface area contributed by atoms with Gasteiger partial charge in [-0.15, -0.1) is 0 Å². The van der Waals surface area contributed by atoms with Crippen LogP contribution in [0.5, 0.6) is 0 Å². The molecule has 128 valence electrons. The van der Waals surface area contributed by atoms with E-state index in [-0.39, 0.29) is 11.6 Å². The zero-order chi connectivity index (χ0) is 17.7. The SMILES string of the molecule is OC(CSCc1ccccc1)(c1ccc(F)cc1)c1ccc(F)cc1. The summed E-state index contributed by atoms with van der Waals surface area (Å²) in [6.45, 7) is 0. The van der Waals surface area contributed by atoms with Crippen LogP contribution in [0.3, 0.4) is 0 Å². The van der Waals surface area contributed by atoms with Crippen molar-refractivity contribution in [3.8, 4) is 0 Å². The minimum Gasteiger partial charge on any atom is -0.380 e. The third-order valence-corrected chi connectivity index (χ3v) is 5.23. The Kier molecular flexibility index (Phi) is 5.51. The van der Waals surface area contributed by atoms with Crippen molar-refractivity contribution in [3.63, 3.8) is 0 Å². The molecule has 3 rings (SSSR count). The van der Waals surface area contributed by atoms with E-state index in [1.165, 1.54) is 24.3 Å². The lowest BCUT2D eigenvalue weighted by atomic mass is 9.88. The summed E-state index contributed by atoms with van der Waals surface area (Å²) in [4.78, 5) is 0. The van der Waals surface area contributed by atoms with E-state index >= 15 is 0 Å². The van der Waals surface area contributed by atoms with Crippen molar-refractivity contribution in [1.82, 2.24) is 0 Å². The van der Waals surface area contributed by atoms with Crippen molar-refractivity contribution in [2.24, 2.45) is 0 Å². The van der Waals surface area contributed by atoms with Crippen LogP contribution in [0, 0.1) is 11.6 Å². The lowest BCUT2D eigenvalue weighted by Gasteiger charge is -2.29. The Labute approximate surface area is 150 Å². The Morgan fingerprint density at radius 1 is 0.720 bits per heavy atom. The van der Waals surface area contributed by atoms with Gasteiger partial charge in [0.2, 0.25) is 0 Å². The lowest BCUT2D eigenvalue weighted by Crippen LogP contribution is -2.30. The molecule has 1 nitrogen and oxygen atoms in total. The first-order valence-corrected chi connectivity index (χ1v) is 9.09. The molecule has 0 unspecified atom stereocenters. The summed E-state index contributed by atoms with van der Waals surface area (Å²) in [5.74, 6) is 0.398. The molecule has 25 heavy (non-hydrogen) atoms. The normalized spacial score (nSPS) is 11.5. The van der Waals surface area contributed by atoms with E-state index in [2.05, 4.69) is 0 Å². The molecule has 3 aromatic rings. The van der Waals surface area contributed by atoms with Gasteiger partial charge in [0.15, 0.2) is 0 Å². The van der Waals surface area contributed by atoms with Gasteiger partial charge in [0.1, 0.15) is 17.2 Å². The van der Waals surface area contributed by atoms with E-state index in [0.29, 0.717) is 16.9 Å². The zero-order valence-corrected chi connectivity index (χ0v) is 14.3. The molecule has 0 atom stereocenters. The summed E-state index contributed by atoms with van der Waals surface area (Å²) in [5, 5.41) is 11.3. The van der Waals surface area contributed by atoms with Crippen molar-refractivity contribution in [3.05, 3.63) is 107 Å². The van der Waals surface area contributed by atoms with Gasteiger partial charge < -0.3 is 5.11 Å². The van der Waals surface area contributed by atoms with Crippen LogP contribution in [0.25, 0.3) is 0 Å². The number of halogens is 2. The molecule has 0 radical (unpaired) electrons. The molecule has 0 saturated heterocycles. The quantitative estimate of drug-likeness (QED) is 0.660. The second kappa shape index (κ2) is 7.81. The summed E-state index contributed by atoms with van der Waals surface area (Å²) in [6, 6.07) is 21.6. The maximum Gasteiger partial charge on any atom is 0.124 e. The molecule has 0 aromatic heterocycles. The second-order valence-electron chi connectivity index (χ2n) is 5.85. The number of rotatable bonds is 6. The fraction of sp³-hybridized carbons (Fsp3) is 0.143. The molecule has 3 aromatic carbocycles. The highest BCUT2D eigenvalue weighted by Gasteiger charge is 2.31. The molecular weight excluding hydrogens is 338 g/mol. The standard InChI is InChI=1S/C21H18F2OS/c22-19-10-6-17(7-11-19)21(24,18-8-12-20(23)13-9-18)15-25-14-16-4-2-1-3-5-16/h1-13,24H,14-15H2. The van der Waals surface area contributed by atoms with Crippen LogP contribution < -0.4 is 0 Å². The molecule has 1 N–H and O–H groups in total. The van der Waals surface area contributed by atoms with Gasteiger partial charge in [0, 0.05) is 11.5 Å². The molecule has 0 spiro atoms. The molecule has 0 fully saturated rings. The van der Waals surface area contributed by atoms with Crippen LogP contribution >= 0.6 is 11.8 Å². The van der Waals surface area contributed by atoms with Crippen LogP contribution in [0.2, 0.25) is 0 Å². The fourth-order valence-corrected chi connectivity index (χ4v) is 3.83. The van der Waals surface area contributed by atoms with E-state index in [0.717, 1.165) is 11.3 Å². The first kappa shape index (κ1) is 17.6. The van der Waals surface area contributed by atoms with Crippen LogP contribution in [0.15, 0.2) is 78.9 Å². The summed E-state index contributed by atoms with van der Waals surface area (Å²) in [5.41, 5.74) is 1.01. The minimum atomic E-state index is -1.32. The van der Waals surface area contributed by atoms with Crippen LogP contribution in [-0.4, -0.2) is 10.9 Å². The second-order valence-corrected chi connectivity index (χ2v) is 6.84. The predicted molar refractivity (Wildman–Crippen MR) is 98.4 cm³/mol. The Balaban J connectivity index is 1.86. The molecule has 0 aliphatic rings. The Hall–Kier alpha value is -2.17. The summed E-state index contributed by atoms with van der Waals surface area (Å²) >= 11 is 1.57. The highest BCUT2D eigenvalue weighted by atomic mass is 32.2. The van der Waals surface area contributed by atoms with Gasteiger partial charge in [-0.25, -0.2) is 8.78 Å². The minimum absolute atomic E-state index is 0.359. The number of benzene rings is 3. The van der Waals surface area contributed by atoms with Crippen molar-refractivity contribution in [2.45, 2.75) is 11.4 Å². The van der Waals surface area contributed by atoms with Crippen LogP contribution in [0.4, 0.5) is 8.78 Å². The third-order valence-electron chi connectivity index (χ3n) is 4.07.